The number of pyridine rings is 2. The molecule has 0 radical (unpaired) electrons. The molecular formula is C14H13F3N2O. The summed E-state index contributed by atoms with van der Waals surface area (Å²) in [6, 6.07) is 4.69. The van der Waals surface area contributed by atoms with Crippen molar-refractivity contribution in [1.29, 1.82) is 0 Å². The van der Waals surface area contributed by atoms with Crippen LogP contribution in [0.2, 0.25) is 0 Å². The third kappa shape index (κ3) is 3.26. The van der Waals surface area contributed by atoms with E-state index in [0.29, 0.717) is 11.3 Å². The molecule has 0 saturated heterocycles. The van der Waals surface area contributed by atoms with Crippen LogP contribution >= 0.6 is 0 Å². The minimum Gasteiger partial charge on any atom is -0.489 e. The first-order valence-electron chi connectivity index (χ1n) is 6.01. The summed E-state index contributed by atoms with van der Waals surface area (Å²) in [5.74, 6) is -0.0906. The number of halogens is 3. The zero-order chi connectivity index (χ0) is 14.5. The molecule has 2 aromatic heterocycles. The monoisotopic (exact) mass is 282 g/mol. The lowest BCUT2D eigenvalue weighted by Gasteiger charge is -2.11. The Morgan fingerprint density at radius 1 is 1.25 bits per heavy atom. The van der Waals surface area contributed by atoms with Gasteiger partial charge in [0, 0.05) is 17.5 Å². The van der Waals surface area contributed by atoms with Gasteiger partial charge in [0.25, 0.3) is 6.43 Å². The molecule has 2 heterocycles. The summed E-state index contributed by atoms with van der Waals surface area (Å²) >= 11 is 0. The first-order chi connectivity index (χ1) is 9.61. The van der Waals surface area contributed by atoms with Gasteiger partial charge >= 0.3 is 0 Å². The van der Waals surface area contributed by atoms with Gasteiger partial charge in [0.1, 0.15) is 19.0 Å². The lowest BCUT2D eigenvalue weighted by Crippen LogP contribution is -2.03. The SMILES string of the molecule is Cc1cc(-c2cc(C(F)F)c(OCCF)cn2)ccn1. The van der Waals surface area contributed by atoms with Gasteiger partial charge in [-0.2, -0.15) is 0 Å². The molecule has 0 spiro atoms. The zero-order valence-corrected chi connectivity index (χ0v) is 10.8. The largest absolute Gasteiger partial charge is 0.489 e. The first-order valence-corrected chi connectivity index (χ1v) is 6.01. The fourth-order valence-corrected chi connectivity index (χ4v) is 1.76. The summed E-state index contributed by atoms with van der Waals surface area (Å²) in [6.45, 7) is 0.791. The maximum atomic E-state index is 13.0. The summed E-state index contributed by atoms with van der Waals surface area (Å²) in [5, 5.41) is 0. The zero-order valence-electron chi connectivity index (χ0n) is 10.8. The molecule has 20 heavy (non-hydrogen) atoms. The molecule has 0 aliphatic rings. The molecule has 0 N–H and O–H groups in total. The number of aromatic nitrogens is 2. The Morgan fingerprint density at radius 3 is 2.70 bits per heavy atom. The van der Waals surface area contributed by atoms with E-state index >= 15 is 0 Å². The van der Waals surface area contributed by atoms with Crippen molar-refractivity contribution < 1.29 is 17.9 Å². The van der Waals surface area contributed by atoms with Crippen molar-refractivity contribution in [2.75, 3.05) is 13.3 Å². The van der Waals surface area contributed by atoms with E-state index in [2.05, 4.69) is 9.97 Å². The van der Waals surface area contributed by atoms with Crippen molar-refractivity contribution in [2.24, 2.45) is 0 Å². The van der Waals surface area contributed by atoms with E-state index in [9.17, 15) is 13.2 Å². The molecule has 2 aromatic rings. The average Bonchev–Trinajstić information content (AvgIpc) is 2.44. The second kappa shape index (κ2) is 6.36. The summed E-state index contributed by atoms with van der Waals surface area (Å²) in [6.07, 6.45) is 0.0683. The van der Waals surface area contributed by atoms with Gasteiger partial charge in [0.05, 0.1) is 17.5 Å². The van der Waals surface area contributed by atoms with Crippen LogP contribution < -0.4 is 4.74 Å². The van der Waals surface area contributed by atoms with Gasteiger partial charge in [-0.05, 0) is 25.1 Å². The maximum absolute atomic E-state index is 13.0. The molecule has 2 rings (SSSR count). The lowest BCUT2D eigenvalue weighted by atomic mass is 10.1. The summed E-state index contributed by atoms with van der Waals surface area (Å²) < 4.78 is 43.0. The van der Waals surface area contributed by atoms with Crippen LogP contribution in [-0.4, -0.2) is 23.2 Å². The molecular weight excluding hydrogens is 269 g/mol. The summed E-state index contributed by atoms with van der Waals surface area (Å²) in [7, 11) is 0. The number of ether oxygens (including phenoxy) is 1. The number of nitrogens with zero attached hydrogens (tertiary/aromatic N) is 2. The number of rotatable bonds is 5. The van der Waals surface area contributed by atoms with Crippen molar-refractivity contribution >= 4 is 0 Å². The summed E-state index contributed by atoms with van der Waals surface area (Å²) in [4.78, 5) is 8.12. The van der Waals surface area contributed by atoms with Crippen LogP contribution in [0.15, 0.2) is 30.6 Å². The van der Waals surface area contributed by atoms with Crippen molar-refractivity contribution in [3.63, 3.8) is 0 Å². The minimum absolute atomic E-state index is 0.0906. The van der Waals surface area contributed by atoms with Crippen LogP contribution in [0.4, 0.5) is 13.2 Å². The number of aryl methyl sites for hydroxylation is 1. The topological polar surface area (TPSA) is 35.0 Å². The Balaban J connectivity index is 2.39. The Bertz CT molecular complexity index is 590. The van der Waals surface area contributed by atoms with Crippen molar-refractivity contribution in [2.45, 2.75) is 13.3 Å². The minimum atomic E-state index is -2.71. The number of alkyl halides is 3. The molecule has 0 aromatic carbocycles. The van der Waals surface area contributed by atoms with E-state index in [1.165, 1.54) is 12.3 Å². The van der Waals surface area contributed by atoms with Crippen LogP contribution in [0.3, 0.4) is 0 Å². The molecule has 0 amide bonds. The van der Waals surface area contributed by atoms with Gasteiger partial charge < -0.3 is 4.74 Å². The van der Waals surface area contributed by atoms with E-state index in [1.54, 1.807) is 25.3 Å². The average molecular weight is 282 g/mol. The maximum Gasteiger partial charge on any atom is 0.267 e. The molecule has 0 bridgehead atoms. The van der Waals surface area contributed by atoms with E-state index in [0.717, 1.165) is 5.69 Å². The molecule has 0 aliphatic carbocycles. The number of hydrogen-bond acceptors (Lipinski definition) is 3. The van der Waals surface area contributed by atoms with Crippen molar-refractivity contribution in [3.8, 4) is 17.0 Å². The molecule has 3 nitrogen and oxygen atoms in total. The predicted octanol–water partition coefficient (Wildman–Crippen LogP) is 3.74. The van der Waals surface area contributed by atoms with Crippen LogP contribution in [0.25, 0.3) is 11.3 Å². The second-order valence-corrected chi connectivity index (χ2v) is 4.13. The van der Waals surface area contributed by atoms with Gasteiger partial charge in [0.15, 0.2) is 0 Å². The third-order valence-electron chi connectivity index (χ3n) is 2.66. The number of hydrogen-bond donors (Lipinski definition) is 0. The second-order valence-electron chi connectivity index (χ2n) is 4.13. The van der Waals surface area contributed by atoms with E-state index < -0.39 is 13.1 Å². The fraction of sp³-hybridized carbons (Fsp3) is 0.286. The van der Waals surface area contributed by atoms with E-state index in [4.69, 9.17) is 4.74 Å². The van der Waals surface area contributed by atoms with Gasteiger partial charge in [-0.1, -0.05) is 0 Å². The molecule has 0 fully saturated rings. The lowest BCUT2D eigenvalue weighted by molar-refractivity contribution is 0.144. The van der Waals surface area contributed by atoms with Crippen molar-refractivity contribution in [3.05, 3.63) is 41.9 Å². The highest BCUT2D eigenvalue weighted by Gasteiger charge is 2.16. The third-order valence-corrected chi connectivity index (χ3v) is 2.66. The Morgan fingerprint density at radius 2 is 2.05 bits per heavy atom. The highest BCUT2D eigenvalue weighted by atomic mass is 19.3. The fourth-order valence-electron chi connectivity index (χ4n) is 1.76. The highest BCUT2D eigenvalue weighted by molar-refractivity contribution is 5.61. The Labute approximate surface area is 114 Å². The normalized spacial score (nSPS) is 10.8. The summed E-state index contributed by atoms with van der Waals surface area (Å²) in [5.41, 5.74) is 1.56. The van der Waals surface area contributed by atoms with Gasteiger partial charge in [-0.25, -0.2) is 13.2 Å². The van der Waals surface area contributed by atoms with Gasteiger partial charge in [-0.3, -0.25) is 9.97 Å². The van der Waals surface area contributed by atoms with Crippen LogP contribution in [0.1, 0.15) is 17.7 Å². The Kier molecular flexibility index (Phi) is 4.55. The Hall–Kier alpha value is -2.11. The smallest absolute Gasteiger partial charge is 0.267 e. The van der Waals surface area contributed by atoms with Gasteiger partial charge in [0.2, 0.25) is 0 Å². The van der Waals surface area contributed by atoms with Crippen LogP contribution in [0.5, 0.6) is 5.75 Å². The van der Waals surface area contributed by atoms with E-state index in [1.807, 2.05) is 0 Å². The molecule has 6 heteroatoms. The van der Waals surface area contributed by atoms with Gasteiger partial charge in [-0.15, -0.1) is 0 Å². The van der Waals surface area contributed by atoms with E-state index in [-0.39, 0.29) is 17.9 Å². The molecule has 0 atom stereocenters. The quantitative estimate of drug-likeness (QED) is 0.838. The van der Waals surface area contributed by atoms with Crippen LogP contribution in [-0.2, 0) is 0 Å². The molecule has 0 saturated carbocycles. The van der Waals surface area contributed by atoms with Crippen molar-refractivity contribution in [1.82, 2.24) is 9.97 Å². The first kappa shape index (κ1) is 14.3. The van der Waals surface area contributed by atoms with Crippen LogP contribution in [0, 0.1) is 6.92 Å². The molecule has 0 unspecified atom stereocenters. The predicted molar refractivity (Wildman–Crippen MR) is 68.6 cm³/mol. The standard InChI is InChI=1S/C14H13F3N2O/c1-9-6-10(2-4-18-9)12-7-11(14(16)17)13(8-19-12)20-5-3-15/h2,4,6-8,14H,3,5H2,1H3. The highest BCUT2D eigenvalue weighted by Crippen LogP contribution is 2.31. The molecule has 106 valence electrons. The molecule has 0 aliphatic heterocycles.